The second-order valence-corrected chi connectivity index (χ2v) is 2.75. The summed E-state index contributed by atoms with van der Waals surface area (Å²) in [5.41, 5.74) is 0. The summed E-state index contributed by atoms with van der Waals surface area (Å²) in [6.07, 6.45) is 6.13. The van der Waals surface area contributed by atoms with Crippen LogP contribution < -0.4 is 0 Å². The Bertz CT molecular complexity index is 74.9. The fraction of sp³-hybridized carbons (Fsp3) is 1.00. The second kappa shape index (κ2) is 11.6. The SMILES string of the molecule is CCCCCCC(OC)OC.[Ti]. The Labute approximate surface area is 90.9 Å². The van der Waals surface area contributed by atoms with Crippen LogP contribution in [0.15, 0.2) is 0 Å². The Hall–Kier alpha value is 0.634. The summed E-state index contributed by atoms with van der Waals surface area (Å²) >= 11 is 0. The number of methoxy groups -OCH3 is 2. The van der Waals surface area contributed by atoms with E-state index in [4.69, 9.17) is 9.47 Å². The molecule has 72 valence electrons. The van der Waals surface area contributed by atoms with Gasteiger partial charge in [-0.15, -0.1) is 0 Å². The van der Waals surface area contributed by atoms with E-state index in [0.29, 0.717) is 0 Å². The van der Waals surface area contributed by atoms with Gasteiger partial charge >= 0.3 is 0 Å². The number of unbranched alkanes of at least 4 members (excludes halogenated alkanes) is 3. The maximum absolute atomic E-state index is 5.06. The molecule has 0 aromatic carbocycles. The summed E-state index contributed by atoms with van der Waals surface area (Å²) in [4.78, 5) is 0. The van der Waals surface area contributed by atoms with Crippen molar-refractivity contribution >= 4 is 0 Å². The molecule has 0 aliphatic carbocycles. The van der Waals surface area contributed by atoms with Gasteiger partial charge in [0.1, 0.15) is 0 Å². The van der Waals surface area contributed by atoms with Crippen molar-refractivity contribution in [2.45, 2.75) is 45.3 Å². The molecule has 0 N–H and O–H groups in total. The Balaban J connectivity index is 0. The summed E-state index contributed by atoms with van der Waals surface area (Å²) < 4.78 is 10.1. The predicted octanol–water partition coefficient (Wildman–Crippen LogP) is 2.57. The molecule has 0 saturated carbocycles. The quantitative estimate of drug-likeness (QED) is 0.363. The van der Waals surface area contributed by atoms with Crippen LogP contribution in [-0.4, -0.2) is 20.5 Å². The third-order valence-electron chi connectivity index (χ3n) is 1.82. The molecule has 0 rings (SSSR count). The summed E-state index contributed by atoms with van der Waals surface area (Å²) in [5, 5.41) is 0. The maximum Gasteiger partial charge on any atom is 0.156 e. The van der Waals surface area contributed by atoms with Gasteiger partial charge in [-0.3, -0.25) is 0 Å². The molecule has 12 heavy (non-hydrogen) atoms. The molecule has 0 fully saturated rings. The van der Waals surface area contributed by atoms with E-state index < -0.39 is 0 Å². The van der Waals surface area contributed by atoms with Gasteiger partial charge in [-0.2, -0.15) is 0 Å². The number of ether oxygens (including phenoxy) is 2. The Kier molecular flexibility index (Phi) is 14.7. The largest absolute Gasteiger partial charge is 0.356 e. The van der Waals surface area contributed by atoms with Crippen molar-refractivity contribution in [3.8, 4) is 0 Å². The van der Waals surface area contributed by atoms with Crippen molar-refractivity contribution in [2.75, 3.05) is 14.2 Å². The molecule has 3 heteroatoms. The van der Waals surface area contributed by atoms with Gasteiger partial charge in [-0.1, -0.05) is 26.2 Å². The molecule has 0 unspecified atom stereocenters. The van der Waals surface area contributed by atoms with Crippen LogP contribution in [0.25, 0.3) is 0 Å². The first-order valence-corrected chi connectivity index (χ1v) is 4.40. The minimum absolute atomic E-state index is 0. The van der Waals surface area contributed by atoms with Gasteiger partial charge in [-0.05, 0) is 12.8 Å². The molecular formula is C9H20O2Ti. The Morgan fingerprint density at radius 2 is 1.58 bits per heavy atom. The number of rotatable bonds is 7. The second-order valence-electron chi connectivity index (χ2n) is 2.75. The van der Waals surface area contributed by atoms with Crippen molar-refractivity contribution < 1.29 is 31.2 Å². The summed E-state index contributed by atoms with van der Waals surface area (Å²) in [5.74, 6) is 0. The van der Waals surface area contributed by atoms with Crippen LogP contribution in [0.5, 0.6) is 0 Å². The monoisotopic (exact) mass is 208 g/mol. The van der Waals surface area contributed by atoms with Gasteiger partial charge in [0.15, 0.2) is 6.29 Å². The Morgan fingerprint density at radius 1 is 1.00 bits per heavy atom. The van der Waals surface area contributed by atoms with Crippen molar-refractivity contribution in [3.05, 3.63) is 0 Å². The number of hydrogen-bond acceptors (Lipinski definition) is 2. The molecule has 0 aliphatic rings. The predicted molar refractivity (Wildman–Crippen MR) is 46.6 cm³/mol. The molecule has 0 heterocycles. The van der Waals surface area contributed by atoms with E-state index >= 15 is 0 Å². The average molecular weight is 208 g/mol. The van der Waals surface area contributed by atoms with Crippen LogP contribution in [-0.2, 0) is 31.2 Å². The fourth-order valence-corrected chi connectivity index (χ4v) is 1.07. The van der Waals surface area contributed by atoms with Crippen LogP contribution in [0.2, 0.25) is 0 Å². The summed E-state index contributed by atoms with van der Waals surface area (Å²) in [6.45, 7) is 2.21. The molecule has 0 spiro atoms. The van der Waals surface area contributed by atoms with Gasteiger partial charge in [0.05, 0.1) is 0 Å². The van der Waals surface area contributed by atoms with Crippen molar-refractivity contribution in [1.29, 1.82) is 0 Å². The molecule has 0 amide bonds. The van der Waals surface area contributed by atoms with Gasteiger partial charge in [0.25, 0.3) is 0 Å². The normalized spacial score (nSPS) is 10.0. The zero-order valence-electron chi connectivity index (χ0n) is 8.43. The smallest absolute Gasteiger partial charge is 0.156 e. The standard InChI is InChI=1S/C9H20O2.Ti/c1-4-5-6-7-8-9(10-2)11-3;/h9H,4-8H2,1-3H3;. The van der Waals surface area contributed by atoms with Crippen LogP contribution in [0.3, 0.4) is 0 Å². The summed E-state index contributed by atoms with van der Waals surface area (Å²) in [6, 6.07) is 0. The molecule has 2 nitrogen and oxygen atoms in total. The first-order chi connectivity index (χ1) is 5.35. The van der Waals surface area contributed by atoms with Gasteiger partial charge < -0.3 is 9.47 Å². The number of hydrogen-bond donors (Lipinski definition) is 0. The third-order valence-corrected chi connectivity index (χ3v) is 1.82. The third kappa shape index (κ3) is 8.73. The van der Waals surface area contributed by atoms with Crippen molar-refractivity contribution in [2.24, 2.45) is 0 Å². The fourth-order valence-electron chi connectivity index (χ4n) is 1.07. The van der Waals surface area contributed by atoms with Crippen LogP contribution in [0.1, 0.15) is 39.0 Å². The van der Waals surface area contributed by atoms with E-state index in [2.05, 4.69) is 6.92 Å². The molecule has 0 atom stereocenters. The van der Waals surface area contributed by atoms with Crippen LogP contribution in [0, 0.1) is 0 Å². The van der Waals surface area contributed by atoms with Crippen molar-refractivity contribution in [1.82, 2.24) is 0 Å². The minimum Gasteiger partial charge on any atom is -0.356 e. The van der Waals surface area contributed by atoms with Gasteiger partial charge in [0.2, 0.25) is 0 Å². The molecular weight excluding hydrogens is 188 g/mol. The molecule has 0 bridgehead atoms. The van der Waals surface area contributed by atoms with E-state index in [0.717, 1.165) is 6.42 Å². The van der Waals surface area contributed by atoms with E-state index in [1.807, 2.05) is 0 Å². The molecule has 0 aromatic heterocycles. The van der Waals surface area contributed by atoms with Crippen molar-refractivity contribution in [3.63, 3.8) is 0 Å². The Morgan fingerprint density at radius 3 is 2.00 bits per heavy atom. The maximum atomic E-state index is 5.06. The molecule has 0 aromatic rings. The topological polar surface area (TPSA) is 18.5 Å². The minimum atomic E-state index is 0. The average Bonchev–Trinajstić information content (AvgIpc) is 2.05. The zero-order chi connectivity index (χ0) is 8.53. The van der Waals surface area contributed by atoms with Crippen LogP contribution in [0.4, 0.5) is 0 Å². The van der Waals surface area contributed by atoms with Gasteiger partial charge in [0, 0.05) is 35.9 Å². The van der Waals surface area contributed by atoms with Gasteiger partial charge in [-0.25, -0.2) is 0 Å². The first kappa shape index (κ1) is 15.1. The molecule has 0 radical (unpaired) electrons. The summed E-state index contributed by atoms with van der Waals surface area (Å²) in [7, 11) is 3.38. The van der Waals surface area contributed by atoms with E-state index in [1.165, 1.54) is 25.7 Å². The zero-order valence-corrected chi connectivity index (χ0v) is 9.99. The van der Waals surface area contributed by atoms with Crippen LogP contribution >= 0.6 is 0 Å². The van der Waals surface area contributed by atoms with E-state index in [-0.39, 0.29) is 28.0 Å². The van der Waals surface area contributed by atoms with E-state index in [9.17, 15) is 0 Å². The molecule has 0 aliphatic heterocycles. The van der Waals surface area contributed by atoms with E-state index in [1.54, 1.807) is 14.2 Å². The first-order valence-electron chi connectivity index (χ1n) is 4.40. The molecule has 0 saturated heterocycles.